The first-order chi connectivity index (χ1) is 9.90. The number of benzene rings is 2. The third-order valence-corrected chi connectivity index (χ3v) is 3.41. The van der Waals surface area contributed by atoms with E-state index >= 15 is 0 Å². The fraction of sp³-hybridized carbons (Fsp3) is 0.133. The van der Waals surface area contributed by atoms with Crippen molar-refractivity contribution in [1.29, 1.82) is 0 Å². The number of halogens is 3. The van der Waals surface area contributed by atoms with Gasteiger partial charge in [-0.3, -0.25) is 4.79 Å². The van der Waals surface area contributed by atoms with Crippen molar-refractivity contribution in [2.75, 3.05) is 0 Å². The Morgan fingerprint density at radius 1 is 1.05 bits per heavy atom. The van der Waals surface area contributed by atoms with Crippen molar-refractivity contribution in [3.8, 4) is 0 Å². The van der Waals surface area contributed by atoms with Gasteiger partial charge in [0.05, 0.1) is 5.92 Å². The molecule has 0 spiro atoms. The summed E-state index contributed by atoms with van der Waals surface area (Å²) in [4.78, 5) is 12.0. The summed E-state index contributed by atoms with van der Waals surface area (Å²) in [6.07, 6.45) is -0.0363. The van der Waals surface area contributed by atoms with Gasteiger partial charge in [0.2, 0.25) is 0 Å². The van der Waals surface area contributed by atoms with Crippen LogP contribution >= 0.6 is 12.6 Å². The van der Waals surface area contributed by atoms with Gasteiger partial charge in [0.25, 0.3) is 0 Å². The van der Waals surface area contributed by atoms with Crippen molar-refractivity contribution in [2.24, 2.45) is 0 Å². The molecular formula is C15H11F3O2S. The minimum atomic E-state index is -1.66. The van der Waals surface area contributed by atoms with Crippen LogP contribution in [0.2, 0.25) is 0 Å². The Bertz CT molecular complexity index is 671. The molecule has 0 fully saturated rings. The van der Waals surface area contributed by atoms with E-state index in [-0.39, 0.29) is 12.0 Å². The second-order valence-electron chi connectivity index (χ2n) is 4.53. The summed E-state index contributed by atoms with van der Waals surface area (Å²) in [5.41, 5.74) is 0.251. The van der Waals surface area contributed by atoms with Crippen molar-refractivity contribution >= 4 is 18.6 Å². The Kier molecular flexibility index (Phi) is 4.57. The van der Waals surface area contributed by atoms with Crippen LogP contribution in [-0.4, -0.2) is 11.1 Å². The lowest BCUT2D eigenvalue weighted by atomic mass is 9.91. The molecule has 0 aliphatic heterocycles. The van der Waals surface area contributed by atoms with Crippen molar-refractivity contribution < 1.29 is 23.1 Å². The topological polar surface area (TPSA) is 37.3 Å². The van der Waals surface area contributed by atoms with E-state index in [9.17, 15) is 23.1 Å². The molecule has 0 radical (unpaired) electrons. The van der Waals surface area contributed by atoms with Crippen LogP contribution in [0.3, 0.4) is 0 Å². The molecule has 0 heterocycles. The minimum absolute atomic E-state index is 0.0363. The Morgan fingerprint density at radius 2 is 1.67 bits per heavy atom. The van der Waals surface area contributed by atoms with Crippen molar-refractivity contribution in [1.82, 2.24) is 0 Å². The second kappa shape index (κ2) is 6.22. The van der Waals surface area contributed by atoms with E-state index in [2.05, 4.69) is 12.6 Å². The van der Waals surface area contributed by atoms with Crippen LogP contribution in [0.15, 0.2) is 41.3 Å². The molecule has 0 aliphatic carbocycles. The molecular weight excluding hydrogens is 301 g/mol. The zero-order chi connectivity index (χ0) is 15.6. The molecule has 2 aromatic rings. The fourth-order valence-corrected chi connectivity index (χ4v) is 2.16. The molecule has 0 saturated heterocycles. The molecule has 1 unspecified atom stereocenters. The summed E-state index contributed by atoms with van der Waals surface area (Å²) in [6, 6.07) is 8.31. The van der Waals surface area contributed by atoms with Crippen molar-refractivity contribution in [3.63, 3.8) is 0 Å². The molecule has 2 nitrogen and oxygen atoms in total. The molecule has 110 valence electrons. The highest BCUT2D eigenvalue weighted by Crippen LogP contribution is 2.27. The molecule has 0 amide bonds. The number of hydrogen-bond acceptors (Lipinski definition) is 2. The van der Waals surface area contributed by atoms with Gasteiger partial charge in [-0.1, -0.05) is 18.2 Å². The summed E-state index contributed by atoms with van der Waals surface area (Å²) in [5, 5.41) is 9.23. The van der Waals surface area contributed by atoms with E-state index in [4.69, 9.17) is 0 Å². The number of carboxylic acid groups (broad SMARTS) is 1. The van der Waals surface area contributed by atoms with Crippen molar-refractivity contribution in [2.45, 2.75) is 17.2 Å². The summed E-state index contributed by atoms with van der Waals surface area (Å²) in [5.74, 6) is -7.08. The average molecular weight is 312 g/mol. The van der Waals surface area contributed by atoms with Gasteiger partial charge in [0, 0.05) is 10.5 Å². The van der Waals surface area contributed by atoms with E-state index in [1.807, 2.05) is 0 Å². The highest BCUT2D eigenvalue weighted by molar-refractivity contribution is 7.80. The van der Waals surface area contributed by atoms with Crippen LogP contribution in [0.1, 0.15) is 17.0 Å². The van der Waals surface area contributed by atoms with E-state index in [0.717, 1.165) is 12.1 Å². The van der Waals surface area contributed by atoms with Gasteiger partial charge in [-0.05, 0) is 30.2 Å². The van der Waals surface area contributed by atoms with E-state index in [1.54, 1.807) is 24.3 Å². The Morgan fingerprint density at radius 3 is 2.24 bits per heavy atom. The fourth-order valence-electron chi connectivity index (χ4n) is 2.01. The quantitative estimate of drug-likeness (QED) is 0.665. The van der Waals surface area contributed by atoms with Gasteiger partial charge in [0.1, 0.15) is 0 Å². The Balaban J connectivity index is 2.38. The zero-order valence-corrected chi connectivity index (χ0v) is 11.6. The summed E-state index contributed by atoms with van der Waals surface area (Å²) in [6.45, 7) is 0. The average Bonchev–Trinajstić information content (AvgIpc) is 2.45. The maximum absolute atomic E-state index is 13.7. The maximum Gasteiger partial charge on any atom is 0.311 e. The summed E-state index contributed by atoms with van der Waals surface area (Å²) >= 11 is 4.11. The molecule has 0 aliphatic rings. The lowest BCUT2D eigenvalue weighted by Crippen LogP contribution is -2.17. The van der Waals surface area contributed by atoms with Crippen LogP contribution < -0.4 is 0 Å². The monoisotopic (exact) mass is 312 g/mol. The maximum atomic E-state index is 13.7. The van der Waals surface area contributed by atoms with Gasteiger partial charge in [-0.2, -0.15) is 0 Å². The van der Waals surface area contributed by atoms with Gasteiger partial charge >= 0.3 is 5.97 Å². The first kappa shape index (κ1) is 15.4. The number of aliphatic carboxylic acids is 1. The highest BCUT2D eigenvalue weighted by Gasteiger charge is 2.26. The number of rotatable bonds is 4. The molecule has 0 aromatic heterocycles. The van der Waals surface area contributed by atoms with Gasteiger partial charge < -0.3 is 5.11 Å². The van der Waals surface area contributed by atoms with E-state index < -0.39 is 29.3 Å². The number of carbonyl (C=O) groups is 1. The third kappa shape index (κ3) is 3.39. The molecule has 0 bridgehead atoms. The first-order valence-corrected chi connectivity index (χ1v) is 6.49. The summed E-state index contributed by atoms with van der Waals surface area (Å²) in [7, 11) is 0. The minimum Gasteiger partial charge on any atom is -0.481 e. The molecule has 0 saturated carbocycles. The predicted molar refractivity (Wildman–Crippen MR) is 74.1 cm³/mol. The number of carboxylic acids is 1. The number of thiol groups is 1. The Hall–Kier alpha value is -1.95. The molecule has 2 aromatic carbocycles. The third-order valence-electron chi connectivity index (χ3n) is 3.11. The normalized spacial score (nSPS) is 12.2. The van der Waals surface area contributed by atoms with Crippen LogP contribution in [0, 0.1) is 17.5 Å². The standard InChI is InChI=1S/C15H11F3O2S/c16-12-6-5-10(13(17)14(12)18)11(15(19)20)7-8-1-3-9(21)4-2-8/h1-6,11,21H,7H2,(H,19,20). The zero-order valence-electron chi connectivity index (χ0n) is 10.7. The second-order valence-corrected chi connectivity index (χ2v) is 5.04. The van der Waals surface area contributed by atoms with Crippen LogP contribution in [-0.2, 0) is 11.2 Å². The largest absolute Gasteiger partial charge is 0.481 e. The molecule has 1 N–H and O–H groups in total. The number of hydrogen-bond donors (Lipinski definition) is 2. The SMILES string of the molecule is O=C(O)C(Cc1ccc(S)cc1)c1ccc(F)c(F)c1F. The Labute approximate surface area is 124 Å². The van der Waals surface area contributed by atoms with E-state index in [0.29, 0.717) is 10.5 Å². The van der Waals surface area contributed by atoms with Crippen molar-refractivity contribution in [3.05, 3.63) is 65.0 Å². The van der Waals surface area contributed by atoms with Crippen LogP contribution in [0.25, 0.3) is 0 Å². The molecule has 2 rings (SSSR count). The smallest absolute Gasteiger partial charge is 0.311 e. The van der Waals surface area contributed by atoms with Crippen LogP contribution in [0.5, 0.6) is 0 Å². The van der Waals surface area contributed by atoms with Crippen LogP contribution in [0.4, 0.5) is 13.2 Å². The van der Waals surface area contributed by atoms with E-state index in [1.165, 1.54) is 0 Å². The molecule has 21 heavy (non-hydrogen) atoms. The lowest BCUT2D eigenvalue weighted by Gasteiger charge is -2.14. The van der Waals surface area contributed by atoms with Gasteiger partial charge in [-0.15, -0.1) is 12.6 Å². The van der Waals surface area contributed by atoms with Gasteiger partial charge in [-0.25, -0.2) is 13.2 Å². The molecule has 6 heteroatoms. The molecule has 1 atom stereocenters. The predicted octanol–water partition coefficient (Wildman–Crippen LogP) is 3.80. The summed E-state index contributed by atoms with van der Waals surface area (Å²) < 4.78 is 39.9. The highest BCUT2D eigenvalue weighted by atomic mass is 32.1. The lowest BCUT2D eigenvalue weighted by molar-refractivity contribution is -0.138. The van der Waals surface area contributed by atoms with Gasteiger partial charge in [0.15, 0.2) is 17.5 Å². The first-order valence-electron chi connectivity index (χ1n) is 6.04.